The standard InChI is InChI=1S/C25H35F5O7S/c1-15-9-16-5-4-8-23(10-15,13-16)37-19(31)21(2)11-17-6-3-7-22(12-17,14-21)20(32)36-18(24(26,27)28)25(29,30)38(33,34)35/h15-18H,3-14H2,1-2H3,(H,33,34,35). The normalized spacial score (nSPS) is 38.7. The zero-order valence-electron chi connectivity index (χ0n) is 21.5. The van der Waals surface area contributed by atoms with E-state index in [9.17, 15) is 40.0 Å². The maximum atomic E-state index is 14.1. The zero-order chi connectivity index (χ0) is 28.4. The average molecular weight is 575 g/mol. The molecule has 4 saturated carbocycles. The second-order valence-corrected chi connectivity index (χ2v) is 14.1. The van der Waals surface area contributed by atoms with Crippen molar-refractivity contribution in [1.29, 1.82) is 0 Å². The molecule has 7 atom stereocenters. The number of hydrogen-bond acceptors (Lipinski definition) is 6. The number of hydrogen-bond donors (Lipinski definition) is 1. The lowest BCUT2D eigenvalue weighted by Gasteiger charge is -2.52. The minimum absolute atomic E-state index is 0.00250. The van der Waals surface area contributed by atoms with Gasteiger partial charge in [-0.3, -0.25) is 14.1 Å². The predicted octanol–water partition coefficient (Wildman–Crippen LogP) is 5.82. The number of carbonyl (C=O) groups is 2. The van der Waals surface area contributed by atoms with Crippen LogP contribution in [-0.4, -0.2) is 48.0 Å². The summed E-state index contributed by atoms with van der Waals surface area (Å²) in [5.41, 5.74) is -3.58. The summed E-state index contributed by atoms with van der Waals surface area (Å²) in [6.45, 7) is 3.70. The van der Waals surface area contributed by atoms with Crippen LogP contribution < -0.4 is 0 Å². The van der Waals surface area contributed by atoms with Gasteiger partial charge in [-0.2, -0.15) is 30.4 Å². The molecule has 0 aromatic heterocycles. The molecule has 0 aromatic rings. The van der Waals surface area contributed by atoms with Crippen molar-refractivity contribution in [2.45, 2.75) is 114 Å². The van der Waals surface area contributed by atoms with Crippen LogP contribution in [-0.2, 0) is 29.2 Å². The highest BCUT2D eigenvalue weighted by Crippen LogP contribution is 2.58. The maximum Gasteiger partial charge on any atom is 0.432 e. The molecule has 0 heterocycles. The fourth-order valence-electron chi connectivity index (χ4n) is 7.95. The van der Waals surface area contributed by atoms with Crippen molar-refractivity contribution < 1.29 is 54.0 Å². The second kappa shape index (κ2) is 9.55. The summed E-state index contributed by atoms with van der Waals surface area (Å²) in [7, 11) is -6.56. The van der Waals surface area contributed by atoms with Crippen LogP contribution in [0, 0.1) is 28.6 Å². The summed E-state index contributed by atoms with van der Waals surface area (Å²) in [6, 6.07) is 0. The molecule has 38 heavy (non-hydrogen) atoms. The van der Waals surface area contributed by atoms with E-state index in [1.165, 1.54) is 0 Å². The molecule has 4 fully saturated rings. The molecule has 13 heteroatoms. The van der Waals surface area contributed by atoms with Crippen molar-refractivity contribution in [3.05, 3.63) is 0 Å². The molecule has 0 saturated heterocycles. The largest absolute Gasteiger partial charge is 0.459 e. The molecule has 4 rings (SSSR count). The number of ether oxygens (including phenoxy) is 2. The van der Waals surface area contributed by atoms with Gasteiger partial charge in [0.2, 0.25) is 0 Å². The van der Waals surface area contributed by atoms with E-state index >= 15 is 0 Å². The summed E-state index contributed by atoms with van der Waals surface area (Å²) < 4.78 is 110. The lowest BCUT2D eigenvalue weighted by molar-refractivity contribution is -0.265. The van der Waals surface area contributed by atoms with Crippen LogP contribution in [0.5, 0.6) is 0 Å². The van der Waals surface area contributed by atoms with Crippen LogP contribution in [0.1, 0.15) is 90.9 Å². The van der Waals surface area contributed by atoms with E-state index in [1.807, 2.05) is 0 Å². The monoisotopic (exact) mass is 574 g/mol. The number of halogens is 5. The Labute approximate surface area is 218 Å². The van der Waals surface area contributed by atoms with E-state index < -0.39 is 56.0 Å². The number of fused-ring (bicyclic) bond motifs is 4. The third-order valence-electron chi connectivity index (χ3n) is 9.18. The molecule has 7 unspecified atom stereocenters. The van der Waals surface area contributed by atoms with Crippen molar-refractivity contribution in [3.8, 4) is 0 Å². The van der Waals surface area contributed by atoms with Crippen LogP contribution >= 0.6 is 0 Å². The molecule has 4 bridgehead atoms. The Kier molecular flexibility index (Phi) is 7.41. The molecule has 0 aliphatic heterocycles. The smallest absolute Gasteiger partial charge is 0.432 e. The first kappa shape index (κ1) is 29.5. The first-order chi connectivity index (χ1) is 17.3. The minimum Gasteiger partial charge on any atom is -0.459 e. The van der Waals surface area contributed by atoms with Gasteiger partial charge in [0.15, 0.2) is 0 Å². The van der Waals surface area contributed by atoms with Gasteiger partial charge in [0.25, 0.3) is 6.10 Å². The average Bonchev–Trinajstić information content (AvgIpc) is 2.74. The maximum absolute atomic E-state index is 14.1. The molecular formula is C25H35F5O7S. The first-order valence-electron chi connectivity index (χ1n) is 13.2. The minimum atomic E-state index is -6.56. The topological polar surface area (TPSA) is 107 Å². The van der Waals surface area contributed by atoms with Crippen molar-refractivity contribution in [2.75, 3.05) is 0 Å². The van der Waals surface area contributed by atoms with E-state index in [4.69, 9.17) is 9.29 Å². The van der Waals surface area contributed by atoms with Crippen molar-refractivity contribution >= 4 is 22.1 Å². The Bertz CT molecular complexity index is 1060. The fraction of sp³-hybridized carbons (Fsp3) is 0.920. The highest BCUT2D eigenvalue weighted by Gasteiger charge is 2.67. The van der Waals surface area contributed by atoms with E-state index in [0.29, 0.717) is 43.9 Å². The molecule has 218 valence electrons. The summed E-state index contributed by atoms with van der Waals surface area (Å²) in [5, 5.41) is -5.81. The van der Waals surface area contributed by atoms with Crippen LogP contribution in [0.25, 0.3) is 0 Å². The number of alkyl halides is 5. The van der Waals surface area contributed by atoms with Crippen molar-refractivity contribution in [3.63, 3.8) is 0 Å². The Morgan fingerprint density at radius 2 is 1.58 bits per heavy atom. The Balaban J connectivity index is 1.59. The van der Waals surface area contributed by atoms with Gasteiger partial charge in [0.1, 0.15) is 5.60 Å². The predicted molar refractivity (Wildman–Crippen MR) is 123 cm³/mol. The zero-order valence-corrected chi connectivity index (χ0v) is 22.3. The molecule has 0 radical (unpaired) electrons. The molecule has 1 N–H and O–H groups in total. The van der Waals surface area contributed by atoms with Crippen LogP contribution in [0.3, 0.4) is 0 Å². The van der Waals surface area contributed by atoms with Crippen molar-refractivity contribution in [1.82, 2.24) is 0 Å². The van der Waals surface area contributed by atoms with Gasteiger partial charge in [-0.1, -0.05) is 26.2 Å². The quantitative estimate of drug-likeness (QED) is 0.242. The molecule has 4 aliphatic rings. The second-order valence-electron chi connectivity index (χ2n) is 12.6. The number of rotatable bonds is 6. The molecule has 0 spiro atoms. The van der Waals surface area contributed by atoms with Gasteiger partial charge in [-0.15, -0.1) is 0 Å². The Morgan fingerprint density at radius 1 is 0.947 bits per heavy atom. The summed E-state index contributed by atoms with van der Waals surface area (Å²) in [6.07, 6.45) is -4.08. The van der Waals surface area contributed by atoms with Gasteiger partial charge in [0, 0.05) is 0 Å². The summed E-state index contributed by atoms with van der Waals surface area (Å²) in [5.74, 6) is -1.63. The molecule has 0 aromatic carbocycles. The summed E-state index contributed by atoms with van der Waals surface area (Å²) >= 11 is 0. The van der Waals surface area contributed by atoms with Gasteiger partial charge < -0.3 is 9.47 Å². The van der Waals surface area contributed by atoms with Gasteiger partial charge in [-0.25, -0.2) is 0 Å². The van der Waals surface area contributed by atoms with Gasteiger partial charge in [0.05, 0.1) is 10.8 Å². The molecule has 0 amide bonds. The van der Waals surface area contributed by atoms with Crippen LogP contribution in [0.4, 0.5) is 22.0 Å². The van der Waals surface area contributed by atoms with Crippen LogP contribution in [0.2, 0.25) is 0 Å². The fourth-order valence-corrected chi connectivity index (χ4v) is 8.41. The molecular weight excluding hydrogens is 539 g/mol. The molecule has 4 aliphatic carbocycles. The van der Waals surface area contributed by atoms with Gasteiger partial charge in [-0.05, 0) is 82.5 Å². The first-order valence-corrected chi connectivity index (χ1v) is 14.6. The van der Waals surface area contributed by atoms with E-state index in [1.54, 1.807) is 6.92 Å². The number of carbonyl (C=O) groups excluding carboxylic acids is 2. The molecule has 7 nitrogen and oxygen atoms in total. The Hall–Kier alpha value is -1.50. The summed E-state index contributed by atoms with van der Waals surface area (Å²) in [4.78, 5) is 26.9. The van der Waals surface area contributed by atoms with E-state index in [2.05, 4.69) is 11.7 Å². The SMILES string of the molecule is CC1CC2CCCC(OC(=O)C3(C)CC4CCCC(C(=O)OC(C(F)(F)F)C(F)(F)S(=O)(=O)O)(C4)C3)(C1)C2. The lowest BCUT2D eigenvalue weighted by Crippen LogP contribution is -2.56. The van der Waals surface area contributed by atoms with Crippen molar-refractivity contribution in [2.24, 2.45) is 28.6 Å². The third-order valence-corrected chi connectivity index (χ3v) is 10.1. The van der Waals surface area contributed by atoms with E-state index in [0.717, 1.165) is 25.7 Å². The lowest BCUT2D eigenvalue weighted by atomic mass is 9.54. The highest BCUT2D eigenvalue weighted by atomic mass is 32.2. The number of esters is 2. The third kappa shape index (κ3) is 5.42. The van der Waals surface area contributed by atoms with Crippen LogP contribution in [0.15, 0.2) is 0 Å². The van der Waals surface area contributed by atoms with E-state index in [-0.39, 0.29) is 25.2 Å². The highest BCUT2D eigenvalue weighted by molar-refractivity contribution is 7.86. The van der Waals surface area contributed by atoms with Gasteiger partial charge >= 0.3 is 33.5 Å². The Morgan fingerprint density at radius 3 is 2.21 bits per heavy atom.